The van der Waals surface area contributed by atoms with E-state index in [1.165, 1.54) is 36.2 Å². The van der Waals surface area contributed by atoms with Crippen LogP contribution in [0, 0.1) is 6.92 Å². The minimum Gasteiger partial charge on any atom is -0.357 e. The van der Waals surface area contributed by atoms with Gasteiger partial charge in [0.05, 0.1) is 24.2 Å². The van der Waals surface area contributed by atoms with E-state index in [1.54, 1.807) is 0 Å². The molecule has 22 heavy (non-hydrogen) atoms. The molecule has 2 heterocycles. The number of H-pyrrole nitrogens is 1. The van der Waals surface area contributed by atoms with Crippen LogP contribution in [0.2, 0.25) is 0 Å². The van der Waals surface area contributed by atoms with Gasteiger partial charge in [-0.1, -0.05) is 30.3 Å². The zero-order valence-electron chi connectivity index (χ0n) is 12.9. The monoisotopic (exact) mass is 293 g/mol. The third-order valence-electron chi connectivity index (χ3n) is 4.95. The molecule has 2 aromatic carbocycles. The first kappa shape index (κ1) is 13.5. The van der Waals surface area contributed by atoms with Crippen molar-refractivity contribution in [3.63, 3.8) is 0 Å². The summed E-state index contributed by atoms with van der Waals surface area (Å²) in [6.07, 6.45) is 2.56. The molecule has 0 radical (unpaired) electrons. The Kier molecular flexibility index (Phi) is 3.23. The molecule has 0 atom stereocenters. The number of pyridine rings is 1. The summed E-state index contributed by atoms with van der Waals surface area (Å²) in [5, 5.41) is 3.11. The first-order chi connectivity index (χ1) is 10.7. The van der Waals surface area contributed by atoms with Crippen LogP contribution in [0.25, 0.3) is 21.7 Å². The molecule has 0 amide bonds. The second-order valence-corrected chi connectivity index (χ2v) is 6.40. The molecule has 0 bridgehead atoms. The van der Waals surface area contributed by atoms with Gasteiger partial charge in [0.1, 0.15) is 6.54 Å². The lowest BCUT2D eigenvalue weighted by atomic mass is 10.0. The zero-order valence-corrected chi connectivity index (χ0v) is 12.9. The molecule has 0 aliphatic carbocycles. The highest BCUT2D eigenvalue weighted by Crippen LogP contribution is 2.22. The molecule has 112 valence electrons. The number of nitrogens with one attached hydrogen (secondary N) is 2. The predicted molar refractivity (Wildman–Crippen MR) is 90.4 cm³/mol. The maximum Gasteiger partial charge on any atom is 0.198 e. The molecular formula is C19H21N2O+. The zero-order chi connectivity index (χ0) is 15.1. The van der Waals surface area contributed by atoms with Gasteiger partial charge in [-0.15, -0.1) is 0 Å². The molecule has 3 aromatic rings. The highest BCUT2D eigenvalue weighted by molar-refractivity contribution is 6.05. The van der Waals surface area contributed by atoms with Crippen LogP contribution in [-0.4, -0.2) is 18.1 Å². The summed E-state index contributed by atoms with van der Waals surface area (Å²) in [7, 11) is 0. The Morgan fingerprint density at radius 1 is 1.05 bits per heavy atom. The third-order valence-corrected chi connectivity index (χ3v) is 4.95. The summed E-state index contributed by atoms with van der Waals surface area (Å²) in [5.41, 5.74) is 3.16. The van der Waals surface area contributed by atoms with Crippen LogP contribution in [0.4, 0.5) is 0 Å². The number of benzene rings is 2. The summed E-state index contributed by atoms with van der Waals surface area (Å²) >= 11 is 0. The van der Waals surface area contributed by atoms with Crippen molar-refractivity contribution >= 4 is 21.7 Å². The van der Waals surface area contributed by atoms with Crippen LogP contribution < -0.4 is 10.3 Å². The van der Waals surface area contributed by atoms with Crippen LogP contribution >= 0.6 is 0 Å². The summed E-state index contributed by atoms with van der Waals surface area (Å²) in [4.78, 5) is 18.0. The first-order valence-corrected chi connectivity index (χ1v) is 8.11. The van der Waals surface area contributed by atoms with Gasteiger partial charge in [0.15, 0.2) is 5.43 Å². The van der Waals surface area contributed by atoms with Gasteiger partial charge >= 0.3 is 0 Å². The number of fused-ring (bicyclic) bond motifs is 3. The van der Waals surface area contributed by atoms with Crippen molar-refractivity contribution in [3.05, 3.63) is 57.9 Å². The molecular weight excluding hydrogens is 272 g/mol. The van der Waals surface area contributed by atoms with Crippen LogP contribution in [0.5, 0.6) is 0 Å². The molecule has 0 spiro atoms. The smallest absolute Gasteiger partial charge is 0.198 e. The number of hydrogen-bond acceptors (Lipinski definition) is 1. The summed E-state index contributed by atoms with van der Waals surface area (Å²) in [5.74, 6) is 0. The van der Waals surface area contributed by atoms with Crippen molar-refractivity contribution in [3.8, 4) is 0 Å². The van der Waals surface area contributed by atoms with E-state index in [0.29, 0.717) is 0 Å². The lowest BCUT2D eigenvalue weighted by molar-refractivity contribution is -0.901. The lowest BCUT2D eigenvalue weighted by Crippen LogP contribution is -3.08. The first-order valence-electron chi connectivity index (χ1n) is 8.11. The number of aromatic nitrogens is 1. The fourth-order valence-electron chi connectivity index (χ4n) is 3.71. The highest BCUT2D eigenvalue weighted by Gasteiger charge is 2.20. The topological polar surface area (TPSA) is 37.3 Å². The summed E-state index contributed by atoms with van der Waals surface area (Å²) in [6, 6.07) is 12.2. The standard InChI is InChI=1S/C19H20N2O/c1-13-17(12-21-10-4-5-11-21)19(22)16-9-8-14-6-2-3-7-15(14)18(16)20-13/h2-3,6-9H,4-5,10-12H2,1H3,(H,20,22)/p+1. The number of quaternary nitrogens is 1. The fourth-order valence-corrected chi connectivity index (χ4v) is 3.71. The molecule has 0 saturated carbocycles. The van der Waals surface area contributed by atoms with E-state index in [1.807, 2.05) is 25.1 Å². The van der Waals surface area contributed by atoms with Crippen molar-refractivity contribution in [1.82, 2.24) is 4.98 Å². The highest BCUT2D eigenvalue weighted by atomic mass is 16.1. The van der Waals surface area contributed by atoms with E-state index in [9.17, 15) is 4.79 Å². The molecule has 2 N–H and O–H groups in total. The maximum atomic E-state index is 12.9. The van der Waals surface area contributed by atoms with E-state index < -0.39 is 0 Å². The van der Waals surface area contributed by atoms with Gasteiger partial charge in [-0.05, 0) is 18.4 Å². The molecule has 1 aromatic heterocycles. The second kappa shape index (κ2) is 5.25. The number of aromatic amines is 1. The average molecular weight is 293 g/mol. The van der Waals surface area contributed by atoms with Gasteiger partial charge in [-0.25, -0.2) is 0 Å². The molecule has 1 fully saturated rings. The Morgan fingerprint density at radius 3 is 2.64 bits per heavy atom. The van der Waals surface area contributed by atoms with E-state index in [-0.39, 0.29) is 5.43 Å². The Hall–Kier alpha value is -2.13. The normalized spacial score (nSPS) is 15.9. The molecule has 1 aliphatic rings. The Morgan fingerprint density at radius 2 is 1.82 bits per heavy atom. The average Bonchev–Trinajstić information content (AvgIpc) is 3.04. The number of rotatable bonds is 2. The van der Waals surface area contributed by atoms with Gasteiger partial charge in [0, 0.05) is 29.3 Å². The van der Waals surface area contributed by atoms with Crippen molar-refractivity contribution < 1.29 is 4.90 Å². The molecule has 0 unspecified atom stereocenters. The Bertz CT molecular complexity index is 904. The Labute approximate surface area is 129 Å². The van der Waals surface area contributed by atoms with Crippen LogP contribution in [0.15, 0.2) is 41.2 Å². The van der Waals surface area contributed by atoms with E-state index >= 15 is 0 Å². The number of aryl methyl sites for hydroxylation is 1. The number of hydrogen-bond donors (Lipinski definition) is 2. The predicted octanol–water partition coefficient (Wildman–Crippen LogP) is 2.17. The van der Waals surface area contributed by atoms with Crippen molar-refractivity contribution in [2.75, 3.05) is 13.1 Å². The van der Waals surface area contributed by atoms with E-state index in [4.69, 9.17) is 0 Å². The van der Waals surface area contributed by atoms with Crippen molar-refractivity contribution in [1.29, 1.82) is 0 Å². The van der Waals surface area contributed by atoms with Crippen molar-refractivity contribution in [2.24, 2.45) is 0 Å². The molecule has 4 rings (SSSR count). The van der Waals surface area contributed by atoms with E-state index in [2.05, 4.69) is 23.2 Å². The largest absolute Gasteiger partial charge is 0.357 e. The van der Waals surface area contributed by atoms with Gasteiger partial charge in [0.2, 0.25) is 0 Å². The maximum absolute atomic E-state index is 12.9. The van der Waals surface area contributed by atoms with Gasteiger partial charge in [-0.3, -0.25) is 4.79 Å². The third kappa shape index (κ3) is 2.13. The molecule has 3 nitrogen and oxygen atoms in total. The Balaban J connectivity index is 1.93. The molecule has 3 heteroatoms. The quantitative estimate of drug-likeness (QED) is 0.698. The summed E-state index contributed by atoms with van der Waals surface area (Å²) < 4.78 is 0. The van der Waals surface area contributed by atoms with Gasteiger partial charge in [-0.2, -0.15) is 0 Å². The fraction of sp³-hybridized carbons (Fsp3) is 0.316. The van der Waals surface area contributed by atoms with Crippen LogP contribution in [0.1, 0.15) is 24.1 Å². The number of likely N-dealkylation sites (tertiary alicyclic amines) is 1. The second-order valence-electron chi connectivity index (χ2n) is 6.40. The van der Waals surface area contributed by atoms with Gasteiger partial charge < -0.3 is 9.88 Å². The van der Waals surface area contributed by atoms with Gasteiger partial charge in [0.25, 0.3) is 0 Å². The van der Waals surface area contributed by atoms with Crippen molar-refractivity contribution in [2.45, 2.75) is 26.3 Å². The minimum absolute atomic E-state index is 0.205. The molecule has 1 aliphatic heterocycles. The SMILES string of the molecule is Cc1[nH]c2c(ccc3ccccc32)c(=O)c1C[NH+]1CCCC1. The lowest BCUT2D eigenvalue weighted by Gasteiger charge is -2.14. The van der Waals surface area contributed by atoms with Crippen LogP contribution in [-0.2, 0) is 6.54 Å². The van der Waals surface area contributed by atoms with E-state index in [0.717, 1.165) is 34.1 Å². The molecule has 1 saturated heterocycles. The van der Waals surface area contributed by atoms with Crippen LogP contribution in [0.3, 0.4) is 0 Å². The summed E-state index contributed by atoms with van der Waals surface area (Å²) in [6.45, 7) is 5.26. The minimum atomic E-state index is 0.205.